The lowest BCUT2D eigenvalue weighted by molar-refractivity contribution is -0.142. The van der Waals surface area contributed by atoms with Crippen LogP contribution in [0.4, 0.5) is 27.6 Å². The summed E-state index contributed by atoms with van der Waals surface area (Å²) in [7, 11) is 1.39. The van der Waals surface area contributed by atoms with Crippen molar-refractivity contribution in [2.75, 3.05) is 11.9 Å². The summed E-state index contributed by atoms with van der Waals surface area (Å²) in [5, 5.41) is 13.1. The Hall–Kier alpha value is -5.08. The van der Waals surface area contributed by atoms with Gasteiger partial charge in [-0.3, -0.25) is 4.79 Å². The lowest BCUT2D eigenvalue weighted by Gasteiger charge is -2.26. The number of hydrogen-bond donors (Lipinski definition) is 1. The number of amides is 1. The number of hydrogen-bond acceptors (Lipinski definition) is 7. The molecule has 2 aromatic heterocycles. The van der Waals surface area contributed by atoms with E-state index in [1.54, 1.807) is 0 Å². The van der Waals surface area contributed by atoms with Crippen LogP contribution in [0.1, 0.15) is 56.6 Å². The van der Waals surface area contributed by atoms with Crippen molar-refractivity contribution in [1.29, 1.82) is 0 Å². The number of anilines is 1. The molecule has 0 saturated carbocycles. The molecule has 0 fully saturated rings. The Balaban J connectivity index is 1.49. The number of halogens is 5. The number of aromatic nitrogens is 4. The second kappa shape index (κ2) is 11.7. The quantitative estimate of drug-likeness (QED) is 0.254. The maximum absolute atomic E-state index is 14.1. The van der Waals surface area contributed by atoms with E-state index in [2.05, 4.69) is 19.8 Å². The molecule has 0 saturated heterocycles. The van der Waals surface area contributed by atoms with Crippen molar-refractivity contribution in [3.63, 3.8) is 0 Å². The Kier molecular flexibility index (Phi) is 7.98. The fraction of sp³-hybridized carbons (Fsp3) is 0.250. The Labute approximate surface area is 240 Å². The number of carbonyl (C=O) groups excluding carboxylic acids is 1. The molecule has 0 spiro atoms. The standard InChI is InChI=1S/C28H22F5N5O5/c1-37(18-13-34-27(35-14-18)43-26(29)30)24(39)16-4-2-5-17(12-16)38-22-20(23(36-38)28(31,32)33)6-3-7-21(22)42-19-10-8-15(9-11-19)25(40)41/h2,4-5,8-14,21,26H,3,6-7H2,1H3,(H,40,41). The molecular formula is C28H22F5N5O5. The van der Waals surface area contributed by atoms with Gasteiger partial charge in [0, 0.05) is 18.2 Å². The summed E-state index contributed by atoms with van der Waals surface area (Å²) in [4.78, 5) is 32.9. The van der Waals surface area contributed by atoms with Crippen LogP contribution in [0.5, 0.6) is 11.8 Å². The summed E-state index contributed by atoms with van der Waals surface area (Å²) in [5.74, 6) is -1.46. The maximum Gasteiger partial charge on any atom is 0.435 e. The lowest BCUT2D eigenvalue weighted by Crippen LogP contribution is -2.26. The summed E-state index contributed by atoms with van der Waals surface area (Å²) in [6.45, 7) is -3.12. The Morgan fingerprint density at radius 2 is 1.77 bits per heavy atom. The highest BCUT2D eigenvalue weighted by Gasteiger charge is 2.42. The first-order chi connectivity index (χ1) is 20.4. The molecule has 5 rings (SSSR count). The molecule has 1 unspecified atom stereocenters. The van der Waals surface area contributed by atoms with Crippen molar-refractivity contribution >= 4 is 17.6 Å². The molecule has 0 radical (unpaired) electrons. The molecule has 2 aromatic carbocycles. The number of rotatable bonds is 8. The van der Waals surface area contributed by atoms with Gasteiger partial charge in [-0.2, -0.15) is 27.1 Å². The summed E-state index contributed by atoms with van der Waals surface area (Å²) >= 11 is 0. The van der Waals surface area contributed by atoms with Crippen LogP contribution in [-0.2, 0) is 12.6 Å². The third-order valence-electron chi connectivity index (χ3n) is 6.71. The largest absolute Gasteiger partial charge is 0.484 e. The molecule has 1 amide bonds. The summed E-state index contributed by atoms with van der Waals surface area (Å²) < 4.78 is 78.3. The average molecular weight is 604 g/mol. The van der Waals surface area contributed by atoms with E-state index in [4.69, 9.17) is 9.84 Å². The van der Waals surface area contributed by atoms with E-state index in [1.165, 1.54) is 55.6 Å². The van der Waals surface area contributed by atoms with Crippen LogP contribution < -0.4 is 14.4 Å². The molecule has 1 aliphatic carbocycles. The van der Waals surface area contributed by atoms with Gasteiger partial charge in [-0.1, -0.05) is 6.07 Å². The Morgan fingerprint density at radius 1 is 1.07 bits per heavy atom. The third kappa shape index (κ3) is 6.24. The minimum atomic E-state index is -4.76. The molecule has 1 aliphatic rings. The SMILES string of the molecule is CN(C(=O)c1cccc(-n2nc(C(F)(F)F)c3c2C(Oc2ccc(C(=O)O)cc2)CCC3)c1)c1cnc(OC(F)F)nc1. The second-order valence-electron chi connectivity index (χ2n) is 9.47. The lowest BCUT2D eigenvalue weighted by atomic mass is 9.92. The Bertz CT molecular complexity index is 1640. The first kappa shape index (κ1) is 29.4. The minimum absolute atomic E-state index is 0.0246. The normalized spacial score (nSPS) is 14.7. The number of ether oxygens (including phenoxy) is 2. The van der Waals surface area contributed by atoms with Gasteiger partial charge in [-0.25, -0.2) is 19.4 Å². The molecule has 0 bridgehead atoms. The van der Waals surface area contributed by atoms with Crippen molar-refractivity contribution in [1.82, 2.24) is 19.7 Å². The van der Waals surface area contributed by atoms with Gasteiger partial charge in [-0.05, 0) is 61.7 Å². The zero-order chi connectivity index (χ0) is 30.9. The maximum atomic E-state index is 14.1. The zero-order valence-corrected chi connectivity index (χ0v) is 22.3. The van der Waals surface area contributed by atoms with Crippen LogP contribution in [-0.4, -0.2) is 50.4 Å². The minimum Gasteiger partial charge on any atom is -0.484 e. The van der Waals surface area contributed by atoms with Crippen LogP contribution in [0, 0.1) is 0 Å². The zero-order valence-electron chi connectivity index (χ0n) is 22.3. The molecule has 224 valence electrons. The molecule has 10 nitrogen and oxygen atoms in total. The third-order valence-corrected chi connectivity index (χ3v) is 6.71. The second-order valence-corrected chi connectivity index (χ2v) is 9.47. The molecule has 0 aliphatic heterocycles. The predicted molar refractivity (Wildman–Crippen MR) is 140 cm³/mol. The first-order valence-electron chi connectivity index (χ1n) is 12.8. The molecule has 15 heteroatoms. The summed E-state index contributed by atoms with van der Waals surface area (Å²) in [6, 6.07) is 10.7. The highest BCUT2D eigenvalue weighted by atomic mass is 19.4. The smallest absolute Gasteiger partial charge is 0.435 e. The number of carboxylic acid groups (broad SMARTS) is 1. The van der Waals surface area contributed by atoms with Crippen molar-refractivity contribution in [2.24, 2.45) is 0 Å². The monoisotopic (exact) mass is 603 g/mol. The fourth-order valence-corrected chi connectivity index (χ4v) is 4.73. The van der Waals surface area contributed by atoms with E-state index in [0.717, 1.165) is 22.0 Å². The highest BCUT2D eigenvalue weighted by Crippen LogP contribution is 2.42. The van der Waals surface area contributed by atoms with Crippen LogP contribution in [0.2, 0.25) is 0 Å². The van der Waals surface area contributed by atoms with E-state index in [0.29, 0.717) is 12.8 Å². The van der Waals surface area contributed by atoms with Crippen molar-refractivity contribution in [3.8, 4) is 17.4 Å². The van der Waals surface area contributed by atoms with Crippen molar-refractivity contribution in [2.45, 2.75) is 38.2 Å². The van der Waals surface area contributed by atoms with E-state index in [9.17, 15) is 31.5 Å². The number of carboxylic acids is 1. The van der Waals surface area contributed by atoms with Gasteiger partial charge in [-0.15, -0.1) is 0 Å². The van der Waals surface area contributed by atoms with Gasteiger partial charge in [0.1, 0.15) is 11.9 Å². The van der Waals surface area contributed by atoms with Crippen molar-refractivity contribution in [3.05, 3.63) is 89.0 Å². The summed E-state index contributed by atoms with van der Waals surface area (Å²) in [6.07, 6.45) is -2.53. The van der Waals surface area contributed by atoms with E-state index in [-0.39, 0.29) is 45.9 Å². The van der Waals surface area contributed by atoms with Gasteiger partial charge in [0.15, 0.2) is 5.69 Å². The molecular weight excluding hydrogens is 581 g/mol. The molecule has 1 N–H and O–H groups in total. The van der Waals surface area contributed by atoms with Crippen molar-refractivity contribution < 1.29 is 46.1 Å². The number of fused-ring (bicyclic) bond motifs is 1. The molecule has 2 heterocycles. The number of benzene rings is 2. The predicted octanol–water partition coefficient (Wildman–Crippen LogP) is 5.71. The van der Waals surface area contributed by atoms with Gasteiger partial charge in [0.2, 0.25) is 0 Å². The molecule has 4 aromatic rings. The number of carbonyl (C=O) groups is 2. The number of alkyl halides is 5. The van der Waals surface area contributed by atoms with Crippen LogP contribution in [0.15, 0.2) is 60.9 Å². The van der Waals surface area contributed by atoms with E-state index >= 15 is 0 Å². The van der Waals surface area contributed by atoms with Crippen LogP contribution in [0.3, 0.4) is 0 Å². The van der Waals surface area contributed by atoms with Gasteiger partial charge in [0.05, 0.1) is 35.0 Å². The van der Waals surface area contributed by atoms with E-state index < -0.39 is 42.5 Å². The highest BCUT2D eigenvalue weighted by molar-refractivity contribution is 6.05. The number of nitrogens with zero attached hydrogens (tertiary/aromatic N) is 5. The molecule has 1 atom stereocenters. The topological polar surface area (TPSA) is 120 Å². The summed E-state index contributed by atoms with van der Waals surface area (Å²) in [5.41, 5.74) is -0.492. The van der Waals surface area contributed by atoms with Gasteiger partial charge >= 0.3 is 24.8 Å². The van der Waals surface area contributed by atoms with Gasteiger partial charge < -0.3 is 19.5 Å². The van der Waals surface area contributed by atoms with Crippen LogP contribution >= 0.6 is 0 Å². The average Bonchev–Trinajstić information content (AvgIpc) is 3.38. The first-order valence-corrected chi connectivity index (χ1v) is 12.8. The van der Waals surface area contributed by atoms with Gasteiger partial charge in [0.25, 0.3) is 5.91 Å². The Morgan fingerprint density at radius 3 is 2.40 bits per heavy atom. The fourth-order valence-electron chi connectivity index (χ4n) is 4.73. The van der Waals surface area contributed by atoms with E-state index in [1.807, 2.05) is 0 Å². The number of aromatic carboxylic acids is 1. The van der Waals surface area contributed by atoms with Crippen LogP contribution in [0.25, 0.3) is 5.69 Å². The molecule has 43 heavy (non-hydrogen) atoms.